The van der Waals surface area contributed by atoms with Gasteiger partial charge in [0, 0.05) is 0 Å². The Balaban J connectivity index is 1.86. The van der Waals surface area contributed by atoms with E-state index >= 15 is 0 Å². The first-order chi connectivity index (χ1) is 13.9. The third kappa shape index (κ3) is 4.43. The van der Waals surface area contributed by atoms with Gasteiger partial charge in [-0.3, -0.25) is 9.59 Å². The Morgan fingerprint density at radius 3 is 2.66 bits per heavy atom. The molecule has 2 aromatic carbocycles. The molecule has 150 valence electrons. The lowest BCUT2D eigenvalue weighted by molar-refractivity contribution is -0.145. The van der Waals surface area contributed by atoms with E-state index < -0.39 is 23.2 Å². The number of imide groups is 1. The Morgan fingerprint density at radius 2 is 1.97 bits per heavy atom. The van der Waals surface area contributed by atoms with Crippen LogP contribution in [-0.4, -0.2) is 35.4 Å². The fourth-order valence-electron chi connectivity index (χ4n) is 2.79. The first-order valence-corrected chi connectivity index (χ1v) is 9.66. The number of ether oxygens (including phenoxy) is 2. The lowest BCUT2D eigenvalue weighted by Gasteiger charge is -2.15. The summed E-state index contributed by atoms with van der Waals surface area (Å²) in [6.45, 7) is 1.72. The number of nitrogens with zero attached hydrogens (tertiary/aromatic N) is 1. The zero-order valence-corrected chi connectivity index (χ0v) is 16.6. The van der Waals surface area contributed by atoms with Crippen LogP contribution in [0.1, 0.15) is 18.9 Å². The summed E-state index contributed by atoms with van der Waals surface area (Å²) in [5.74, 6) is -0.702. The van der Waals surface area contributed by atoms with Crippen LogP contribution >= 0.6 is 11.8 Å². The molecule has 1 saturated heterocycles. The van der Waals surface area contributed by atoms with Crippen molar-refractivity contribution in [3.63, 3.8) is 0 Å². The van der Waals surface area contributed by atoms with Crippen LogP contribution in [0.5, 0.6) is 11.5 Å². The first kappa shape index (κ1) is 20.5. The van der Waals surface area contributed by atoms with E-state index in [1.807, 2.05) is 0 Å². The number of methoxy groups -OCH3 is 1. The highest BCUT2D eigenvalue weighted by molar-refractivity contribution is 8.19. The number of carbonyl (C=O) groups excluding carboxylic acids is 2. The van der Waals surface area contributed by atoms with Crippen LogP contribution in [0, 0.1) is 0 Å². The number of hydrogen-bond donors (Lipinski definition) is 1. The van der Waals surface area contributed by atoms with Gasteiger partial charge in [-0.25, -0.2) is 9.69 Å². The molecule has 8 heteroatoms. The summed E-state index contributed by atoms with van der Waals surface area (Å²) in [7, 11) is 1.47. The number of carboxylic acid groups (broad SMARTS) is 1. The minimum absolute atomic E-state index is 0.253. The van der Waals surface area contributed by atoms with Crippen molar-refractivity contribution in [2.24, 2.45) is 0 Å². The van der Waals surface area contributed by atoms with Gasteiger partial charge in [0.2, 0.25) is 0 Å². The fraction of sp³-hybridized carbons (Fsp3) is 0.190. The molecule has 3 rings (SSSR count). The minimum Gasteiger partial charge on any atom is -0.495 e. The lowest BCUT2D eigenvalue weighted by atomic mass is 10.2. The molecule has 29 heavy (non-hydrogen) atoms. The van der Waals surface area contributed by atoms with E-state index in [0.717, 1.165) is 16.7 Å². The highest BCUT2D eigenvalue weighted by atomic mass is 32.2. The van der Waals surface area contributed by atoms with Gasteiger partial charge < -0.3 is 14.6 Å². The number of hydrogen-bond acceptors (Lipinski definition) is 6. The molecule has 2 aromatic rings. The standard InChI is InChI=1S/C21H19NO6S/c1-3-16(20(24)25)28-14-8-6-7-13(11-14)12-18-19(23)22(21(26)29-18)15-9-4-5-10-17(15)27-2/h4-12,16H,3H2,1-2H3,(H,24,25)/b18-12+. The van der Waals surface area contributed by atoms with E-state index in [9.17, 15) is 14.4 Å². The Labute approximate surface area is 171 Å². The molecular formula is C21H19NO6S. The number of para-hydroxylation sites is 2. The average Bonchev–Trinajstić information content (AvgIpc) is 2.99. The van der Waals surface area contributed by atoms with Crippen molar-refractivity contribution in [2.75, 3.05) is 12.0 Å². The van der Waals surface area contributed by atoms with Gasteiger partial charge in [0.15, 0.2) is 6.10 Å². The Hall–Kier alpha value is -3.26. The molecule has 1 fully saturated rings. The molecule has 1 unspecified atom stereocenters. The zero-order valence-electron chi connectivity index (χ0n) is 15.8. The van der Waals surface area contributed by atoms with Crippen molar-refractivity contribution < 1.29 is 29.0 Å². The van der Waals surface area contributed by atoms with Crippen LogP contribution in [-0.2, 0) is 9.59 Å². The van der Waals surface area contributed by atoms with Gasteiger partial charge in [0.1, 0.15) is 11.5 Å². The summed E-state index contributed by atoms with van der Waals surface area (Å²) in [5.41, 5.74) is 0.999. The smallest absolute Gasteiger partial charge is 0.344 e. The Morgan fingerprint density at radius 1 is 1.21 bits per heavy atom. The second-order valence-electron chi connectivity index (χ2n) is 6.11. The topological polar surface area (TPSA) is 93.1 Å². The predicted octanol–water partition coefficient (Wildman–Crippen LogP) is 4.18. The lowest BCUT2D eigenvalue weighted by Crippen LogP contribution is -2.28. The normalized spacial score (nSPS) is 16.2. The van der Waals surface area contributed by atoms with Gasteiger partial charge in [-0.2, -0.15) is 0 Å². The second kappa shape index (κ2) is 8.83. The van der Waals surface area contributed by atoms with Gasteiger partial charge in [-0.05, 0) is 54.1 Å². The molecule has 1 heterocycles. The summed E-state index contributed by atoms with van der Waals surface area (Å²) in [5, 5.41) is 8.72. The van der Waals surface area contributed by atoms with E-state index in [1.165, 1.54) is 7.11 Å². The Bertz CT molecular complexity index is 987. The molecule has 0 aliphatic carbocycles. The van der Waals surface area contributed by atoms with Crippen LogP contribution in [0.25, 0.3) is 6.08 Å². The number of anilines is 1. The van der Waals surface area contributed by atoms with Crippen molar-refractivity contribution >= 4 is 40.6 Å². The first-order valence-electron chi connectivity index (χ1n) is 8.85. The van der Waals surface area contributed by atoms with Crippen LogP contribution in [0.4, 0.5) is 10.5 Å². The van der Waals surface area contributed by atoms with E-state index in [2.05, 4.69) is 0 Å². The highest BCUT2D eigenvalue weighted by Crippen LogP contribution is 2.39. The number of carbonyl (C=O) groups is 3. The maximum atomic E-state index is 12.8. The monoisotopic (exact) mass is 413 g/mol. The van der Waals surface area contributed by atoms with Crippen LogP contribution in [0.2, 0.25) is 0 Å². The molecule has 0 saturated carbocycles. The van der Waals surface area contributed by atoms with E-state index in [-0.39, 0.29) is 4.91 Å². The number of amides is 2. The van der Waals surface area contributed by atoms with Crippen molar-refractivity contribution in [3.8, 4) is 11.5 Å². The third-order valence-corrected chi connectivity index (χ3v) is 5.07. The summed E-state index contributed by atoms with van der Waals surface area (Å²) < 4.78 is 10.7. The Kier molecular flexibility index (Phi) is 6.23. The SMILES string of the molecule is CCC(Oc1cccc(/C=C2/SC(=O)N(c3ccccc3OC)C2=O)c1)C(=O)O. The van der Waals surface area contributed by atoms with Crippen LogP contribution < -0.4 is 14.4 Å². The van der Waals surface area contributed by atoms with Crippen LogP contribution in [0.15, 0.2) is 53.4 Å². The minimum atomic E-state index is -1.05. The molecular weight excluding hydrogens is 394 g/mol. The van der Waals surface area contributed by atoms with E-state index in [0.29, 0.717) is 29.2 Å². The molecule has 2 amide bonds. The fourth-order valence-corrected chi connectivity index (χ4v) is 3.63. The maximum Gasteiger partial charge on any atom is 0.344 e. The van der Waals surface area contributed by atoms with E-state index in [1.54, 1.807) is 61.5 Å². The molecule has 0 radical (unpaired) electrons. The number of aliphatic carboxylic acids is 1. The van der Waals surface area contributed by atoms with Gasteiger partial charge in [-0.1, -0.05) is 31.2 Å². The van der Waals surface area contributed by atoms with E-state index in [4.69, 9.17) is 14.6 Å². The highest BCUT2D eigenvalue weighted by Gasteiger charge is 2.37. The summed E-state index contributed by atoms with van der Waals surface area (Å²) >= 11 is 0.828. The van der Waals surface area contributed by atoms with Crippen molar-refractivity contribution in [2.45, 2.75) is 19.4 Å². The molecule has 1 atom stereocenters. The maximum absolute atomic E-state index is 12.8. The number of benzene rings is 2. The quantitative estimate of drug-likeness (QED) is 0.681. The second-order valence-corrected chi connectivity index (χ2v) is 7.11. The molecule has 1 N–H and O–H groups in total. The molecule has 1 aliphatic heterocycles. The van der Waals surface area contributed by atoms with Gasteiger partial charge >= 0.3 is 5.97 Å². The zero-order chi connectivity index (χ0) is 21.0. The molecule has 1 aliphatic rings. The molecule has 0 aromatic heterocycles. The number of carboxylic acids is 1. The summed E-state index contributed by atoms with van der Waals surface area (Å²) in [6.07, 6.45) is 0.940. The van der Waals surface area contributed by atoms with Crippen molar-refractivity contribution in [3.05, 3.63) is 59.0 Å². The van der Waals surface area contributed by atoms with Crippen molar-refractivity contribution in [1.29, 1.82) is 0 Å². The predicted molar refractivity (Wildman–Crippen MR) is 110 cm³/mol. The number of thioether (sulfide) groups is 1. The summed E-state index contributed by atoms with van der Waals surface area (Å²) in [4.78, 5) is 37.8. The summed E-state index contributed by atoms with van der Waals surface area (Å²) in [6, 6.07) is 13.5. The van der Waals surface area contributed by atoms with Crippen molar-refractivity contribution in [1.82, 2.24) is 0 Å². The molecule has 0 spiro atoms. The molecule has 0 bridgehead atoms. The van der Waals surface area contributed by atoms with Gasteiger partial charge in [0.05, 0.1) is 17.7 Å². The van der Waals surface area contributed by atoms with Gasteiger partial charge in [0.25, 0.3) is 11.1 Å². The van der Waals surface area contributed by atoms with Gasteiger partial charge in [-0.15, -0.1) is 0 Å². The number of rotatable bonds is 7. The third-order valence-electron chi connectivity index (χ3n) is 4.20. The largest absolute Gasteiger partial charge is 0.495 e. The molecule has 7 nitrogen and oxygen atoms in total. The van der Waals surface area contributed by atoms with Crippen LogP contribution in [0.3, 0.4) is 0 Å². The average molecular weight is 413 g/mol.